The van der Waals surface area contributed by atoms with Gasteiger partial charge in [0.25, 0.3) is 0 Å². The quantitative estimate of drug-likeness (QED) is 0.201. The number of nitrogens with zero attached hydrogens (tertiary/aromatic N) is 3. The predicted molar refractivity (Wildman–Crippen MR) is 193 cm³/mol. The fourth-order valence-corrected chi connectivity index (χ4v) is 8.99. The molecule has 0 spiro atoms. The van der Waals surface area contributed by atoms with Gasteiger partial charge in [-0.3, -0.25) is 0 Å². The van der Waals surface area contributed by atoms with E-state index in [0.29, 0.717) is 11.2 Å². The molecule has 1 aliphatic carbocycles. The second-order valence-electron chi connectivity index (χ2n) is 12.1. The smallest absolute Gasteiger partial charge is 0.160 e. The van der Waals surface area contributed by atoms with Gasteiger partial charge >= 0.3 is 0 Å². The van der Waals surface area contributed by atoms with Crippen molar-refractivity contribution < 1.29 is 0 Å². The number of para-hydroxylation sites is 2. The van der Waals surface area contributed by atoms with Crippen LogP contribution >= 0.6 is 11.8 Å². The van der Waals surface area contributed by atoms with E-state index in [1.807, 2.05) is 23.9 Å². The van der Waals surface area contributed by atoms with Crippen LogP contribution in [0.15, 0.2) is 157 Å². The van der Waals surface area contributed by atoms with Crippen LogP contribution in [-0.4, -0.2) is 19.8 Å². The summed E-state index contributed by atoms with van der Waals surface area (Å²) in [6.45, 7) is 0. The Labute approximate surface area is 270 Å². The molecular weight excluding hydrogens is 579 g/mol. The Bertz CT molecular complexity index is 2560. The van der Waals surface area contributed by atoms with Gasteiger partial charge in [-0.2, -0.15) is 0 Å². The van der Waals surface area contributed by atoms with Crippen LogP contribution in [0.3, 0.4) is 0 Å². The Balaban J connectivity index is 1.20. The standard InChI is InChI=1S/C42H27N3S/c1-2-12-26(13-3-1)39-31-16-6-9-19-34(31)43-42(44-39)27-22-24-28(25-23-27)45-35-20-10-7-17-32(35)37-38-33-18-8-11-21-36(33)46-41(38)30-15-5-4-14-29(30)40(37)45/h1-25,33,36H. The maximum atomic E-state index is 5.12. The molecule has 0 amide bonds. The molecule has 3 nitrogen and oxygen atoms in total. The maximum Gasteiger partial charge on any atom is 0.160 e. The van der Waals surface area contributed by atoms with E-state index in [1.54, 1.807) is 0 Å². The summed E-state index contributed by atoms with van der Waals surface area (Å²) < 4.78 is 2.47. The zero-order valence-corrected chi connectivity index (χ0v) is 25.7. The molecule has 216 valence electrons. The summed E-state index contributed by atoms with van der Waals surface area (Å²) in [6, 6.07) is 45.3. The van der Waals surface area contributed by atoms with E-state index in [-0.39, 0.29) is 0 Å². The van der Waals surface area contributed by atoms with Gasteiger partial charge in [0.2, 0.25) is 0 Å². The lowest BCUT2D eigenvalue weighted by atomic mass is 9.87. The van der Waals surface area contributed by atoms with E-state index < -0.39 is 0 Å². The van der Waals surface area contributed by atoms with Crippen molar-refractivity contribution in [3.63, 3.8) is 0 Å². The first-order chi connectivity index (χ1) is 22.8. The summed E-state index contributed by atoms with van der Waals surface area (Å²) >= 11 is 2.02. The molecule has 2 atom stereocenters. The molecule has 2 unspecified atom stereocenters. The third kappa shape index (κ3) is 3.74. The van der Waals surface area contributed by atoms with Crippen molar-refractivity contribution in [2.75, 3.05) is 0 Å². The molecule has 0 saturated carbocycles. The van der Waals surface area contributed by atoms with Gasteiger partial charge in [-0.05, 0) is 47.3 Å². The van der Waals surface area contributed by atoms with Crippen LogP contribution in [0.1, 0.15) is 11.5 Å². The number of benzene rings is 6. The third-order valence-electron chi connectivity index (χ3n) is 9.52. The molecule has 46 heavy (non-hydrogen) atoms. The van der Waals surface area contributed by atoms with Crippen molar-refractivity contribution in [3.8, 4) is 28.3 Å². The lowest BCUT2D eigenvalue weighted by Crippen LogP contribution is -2.07. The monoisotopic (exact) mass is 605 g/mol. The highest BCUT2D eigenvalue weighted by Crippen LogP contribution is 2.56. The topological polar surface area (TPSA) is 30.7 Å². The fourth-order valence-electron chi connectivity index (χ4n) is 7.50. The summed E-state index contributed by atoms with van der Waals surface area (Å²) in [5.41, 5.74) is 9.08. The lowest BCUT2D eigenvalue weighted by Gasteiger charge is -2.17. The molecule has 0 fully saturated rings. The van der Waals surface area contributed by atoms with E-state index >= 15 is 0 Å². The van der Waals surface area contributed by atoms with Gasteiger partial charge in [0.05, 0.1) is 22.2 Å². The molecule has 0 bridgehead atoms. The molecule has 1 aliphatic heterocycles. The first kappa shape index (κ1) is 25.8. The zero-order chi connectivity index (χ0) is 30.2. The Morgan fingerprint density at radius 3 is 2.11 bits per heavy atom. The molecule has 0 radical (unpaired) electrons. The minimum atomic E-state index is 0.364. The van der Waals surface area contributed by atoms with Gasteiger partial charge in [-0.15, -0.1) is 11.8 Å². The predicted octanol–water partition coefficient (Wildman–Crippen LogP) is 10.9. The Morgan fingerprint density at radius 2 is 1.26 bits per heavy atom. The highest BCUT2D eigenvalue weighted by molar-refractivity contribution is 8.00. The summed E-state index contributed by atoms with van der Waals surface area (Å²) in [5.74, 6) is 1.09. The largest absolute Gasteiger partial charge is 0.309 e. The molecule has 0 N–H and O–H groups in total. The SMILES string of the molecule is C1=CC2Sc3c(c4c5ccccc5n(-c5ccc(-c6nc(-c7ccccc7)c7ccccc7n6)cc5)c4c4ccccc34)C2C=C1. The average Bonchev–Trinajstić information content (AvgIpc) is 3.68. The van der Waals surface area contributed by atoms with E-state index in [0.717, 1.165) is 39.2 Å². The van der Waals surface area contributed by atoms with Crippen molar-refractivity contribution in [3.05, 3.63) is 157 Å². The van der Waals surface area contributed by atoms with Gasteiger partial charge in [-0.1, -0.05) is 115 Å². The second kappa shape index (κ2) is 10.0. The molecule has 0 saturated heterocycles. The van der Waals surface area contributed by atoms with Crippen LogP contribution in [0.25, 0.3) is 71.8 Å². The molecule has 10 rings (SSSR count). The maximum absolute atomic E-state index is 5.12. The summed E-state index contributed by atoms with van der Waals surface area (Å²) in [6.07, 6.45) is 9.18. The van der Waals surface area contributed by atoms with Gasteiger partial charge in [0.15, 0.2) is 5.82 Å². The van der Waals surface area contributed by atoms with Crippen molar-refractivity contribution in [2.24, 2.45) is 0 Å². The molecule has 4 heteroatoms. The van der Waals surface area contributed by atoms with Crippen molar-refractivity contribution in [1.82, 2.24) is 14.5 Å². The number of hydrogen-bond acceptors (Lipinski definition) is 3. The van der Waals surface area contributed by atoms with Gasteiger partial charge < -0.3 is 4.57 Å². The number of thioether (sulfide) groups is 1. The second-order valence-corrected chi connectivity index (χ2v) is 13.3. The number of allylic oxidation sites excluding steroid dienone is 3. The minimum Gasteiger partial charge on any atom is -0.309 e. The summed E-state index contributed by atoms with van der Waals surface area (Å²) in [7, 11) is 0. The van der Waals surface area contributed by atoms with E-state index in [9.17, 15) is 0 Å². The van der Waals surface area contributed by atoms with Crippen LogP contribution in [0, 0.1) is 0 Å². The van der Waals surface area contributed by atoms with Gasteiger partial charge in [-0.25, -0.2) is 9.97 Å². The van der Waals surface area contributed by atoms with Crippen LogP contribution in [0.5, 0.6) is 0 Å². The Kier molecular flexibility index (Phi) is 5.63. The van der Waals surface area contributed by atoms with Gasteiger partial charge in [0.1, 0.15) is 0 Å². The first-order valence-electron chi connectivity index (χ1n) is 15.8. The average molecular weight is 606 g/mol. The third-order valence-corrected chi connectivity index (χ3v) is 10.9. The van der Waals surface area contributed by atoms with Crippen molar-refractivity contribution in [2.45, 2.75) is 16.1 Å². The number of aromatic nitrogens is 3. The number of rotatable bonds is 3. The van der Waals surface area contributed by atoms with Gasteiger partial charge in [0, 0.05) is 54.4 Å². The lowest BCUT2D eigenvalue weighted by molar-refractivity contribution is 0.893. The van der Waals surface area contributed by atoms with Crippen molar-refractivity contribution >= 4 is 55.2 Å². The molecule has 8 aromatic rings. The highest BCUT2D eigenvalue weighted by atomic mass is 32.2. The Morgan fingerprint density at radius 1 is 0.565 bits per heavy atom. The summed E-state index contributed by atoms with van der Waals surface area (Å²) in [4.78, 5) is 11.6. The van der Waals surface area contributed by atoms with E-state index in [4.69, 9.17) is 9.97 Å². The van der Waals surface area contributed by atoms with E-state index in [1.165, 1.54) is 43.0 Å². The van der Waals surface area contributed by atoms with E-state index in [2.05, 4.69) is 144 Å². The van der Waals surface area contributed by atoms with Crippen LogP contribution in [0.4, 0.5) is 0 Å². The van der Waals surface area contributed by atoms with Crippen LogP contribution in [-0.2, 0) is 0 Å². The molecule has 2 aliphatic rings. The highest BCUT2D eigenvalue weighted by Gasteiger charge is 2.36. The number of fused-ring (bicyclic) bond motifs is 11. The molecule has 3 heterocycles. The zero-order valence-electron chi connectivity index (χ0n) is 24.8. The number of hydrogen-bond donors (Lipinski definition) is 0. The van der Waals surface area contributed by atoms with Crippen LogP contribution < -0.4 is 0 Å². The Hall–Kier alpha value is -5.45. The minimum absolute atomic E-state index is 0.364. The fraction of sp³-hybridized carbons (Fsp3) is 0.0476. The first-order valence-corrected chi connectivity index (χ1v) is 16.6. The van der Waals surface area contributed by atoms with Crippen molar-refractivity contribution in [1.29, 1.82) is 0 Å². The molecular formula is C42H27N3S. The summed E-state index contributed by atoms with van der Waals surface area (Å²) in [5, 5.41) is 6.79. The molecule has 6 aromatic carbocycles. The normalized spacial score (nSPS) is 16.9. The van der Waals surface area contributed by atoms with Crippen LogP contribution in [0.2, 0.25) is 0 Å². The molecule has 2 aromatic heterocycles.